The molecule has 35 heavy (non-hydrogen) atoms. The summed E-state index contributed by atoms with van der Waals surface area (Å²) < 4.78 is 28.3. The predicted molar refractivity (Wildman–Crippen MR) is 136 cm³/mol. The van der Waals surface area contributed by atoms with Crippen LogP contribution >= 0.6 is 0 Å². The molecule has 2 aromatic carbocycles. The highest BCUT2D eigenvalue weighted by atomic mass is 19.1. The summed E-state index contributed by atoms with van der Waals surface area (Å²) >= 11 is 0. The molecule has 4 fully saturated rings. The summed E-state index contributed by atoms with van der Waals surface area (Å²) in [5, 5.41) is 4.76. The Labute approximate surface area is 205 Å². The second kappa shape index (κ2) is 8.04. The van der Waals surface area contributed by atoms with Crippen LogP contribution in [0, 0.1) is 11.7 Å². The molecule has 6 heteroatoms. The van der Waals surface area contributed by atoms with Crippen molar-refractivity contribution < 1.29 is 8.78 Å². The fourth-order valence-electron chi connectivity index (χ4n) is 7.46. The number of H-pyrrole nitrogens is 1. The highest BCUT2D eigenvalue weighted by Crippen LogP contribution is 2.64. The first-order valence-electron chi connectivity index (χ1n) is 13.3. The van der Waals surface area contributed by atoms with Crippen LogP contribution in [0.2, 0.25) is 0 Å². The zero-order valence-electron chi connectivity index (χ0n) is 20.4. The third-order valence-corrected chi connectivity index (χ3v) is 9.16. The van der Waals surface area contributed by atoms with Crippen molar-refractivity contribution in [2.45, 2.75) is 62.7 Å². The van der Waals surface area contributed by atoms with E-state index < -0.39 is 0 Å². The van der Waals surface area contributed by atoms with E-state index >= 15 is 4.39 Å². The van der Waals surface area contributed by atoms with Gasteiger partial charge in [0.15, 0.2) is 0 Å². The SMILES string of the molecule is C[C@@H]1Cc2c([nH]c3ccccc23)[C@@H](c2ccc(NC3CN(CCCF)C3)cc2F)N1C12CC(C1)C2. The molecule has 3 saturated carbocycles. The van der Waals surface area contributed by atoms with E-state index in [1.807, 2.05) is 12.1 Å². The Bertz CT molecular complexity index is 1250. The molecule has 2 bridgehead atoms. The van der Waals surface area contributed by atoms with Gasteiger partial charge < -0.3 is 10.3 Å². The standard InChI is InChI=1S/C29H34F2N4/c1-18-11-24-22-5-2-3-6-26(22)33-27(24)28(35(18)29-13-19(14-29)15-29)23-8-7-20(12-25(23)31)32-21-16-34(17-21)10-4-9-30/h2-3,5-8,12,18-19,21,28,32-33H,4,9-11,13-17H2,1H3/t18-,19?,28-,29?/m1/s1. The first-order chi connectivity index (χ1) is 17.0. The van der Waals surface area contributed by atoms with E-state index in [2.05, 4.69) is 51.3 Å². The van der Waals surface area contributed by atoms with Gasteiger partial charge in [0.05, 0.1) is 18.8 Å². The number of rotatable bonds is 7. The van der Waals surface area contributed by atoms with E-state index in [9.17, 15) is 4.39 Å². The van der Waals surface area contributed by atoms with Gasteiger partial charge in [-0.2, -0.15) is 0 Å². The molecule has 0 amide bonds. The number of likely N-dealkylation sites (tertiary alicyclic amines) is 1. The smallest absolute Gasteiger partial charge is 0.130 e. The molecule has 3 heterocycles. The molecule has 4 nitrogen and oxygen atoms in total. The zero-order valence-corrected chi connectivity index (χ0v) is 20.4. The van der Waals surface area contributed by atoms with Gasteiger partial charge in [-0.3, -0.25) is 14.2 Å². The largest absolute Gasteiger partial charge is 0.380 e. The number of hydrogen-bond acceptors (Lipinski definition) is 3. The fraction of sp³-hybridized carbons (Fsp3) is 0.517. The average molecular weight is 477 g/mol. The highest BCUT2D eigenvalue weighted by Gasteiger charge is 2.63. The van der Waals surface area contributed by atoms with Gasteiger partial charge in [0, 0.05) is 59.1 Å². The first kappa shape index (κ1) is 21.8. The minimum Gasteiger partial charge on any atom is -0.380 e. The molecule has 0 spiro atoms. The minimum absolute atomic E-state index is 0.0867. The number of para-hydroxylation sites is 1. The average Bonchev–Trinajstić information content (AvgIpc) is 3.12. The third-order valence-electron chi connectivity index (χ3n) is 9.16. The molecule has 184 valence electrons. The molecule has 0 unspecified atom stereocenters. The summed E-state index contributed by atoms with van der Waals surface area (Å²) in [5.74, 6) is 0.735. The van der Waals surface area contributed by atoms with E-state index in [1.165, 1.54) is 35.9 Å². The maximum absolute atomic E-state index is 15.9. The number of halogens is 2. The maximum atomic E-state index is 15.9. The van der Waals surface area contributed by atoms with Crippen LogP contribution in [0.4, 0.5) is 14.5 Å². The number of benzene rings is 2. The van der Waals surface area contributed by atoms with Crippen LogP contribution in [0.5, 0.6) is 0 Å². The van der Waals surface area contributed by atoms with Crippen molar-refractivity contribution in [2.75, 3.05) is 31.6 Å². The van der Waals surface area contributed by atoms with Crippen LogP contribution in [0.15, 0.2) is 42.5 Å². The van der Waals surface area contributed by atoms with Gasteiger partial charge in [-0.25, -0.2) is 4.39 Å². The van der Waals surface area contributed by atoms with E-state index in [1.54, 1.807) is 6.07 Å². The van der Waals surface area contributed by atoms with Gasteiger partial charge in [0.25, 0.3) is 0 Å². The summed E-state index contributed by atoms with van der Waals surface area (Å²) in [6.45, 7) is 4.64. The van der Waals surface area contributed by atoms with Crippen LogP contribution in [0.25, 0.3) is 10.9 Å². The van der Waals surface area contributed by atoms with Crippen LogP contribution < -0.4 is 5.32 Å². The number of nitrogens with one attached hydrogen (secondary N) is 2. The van der Waals surface area contributed by atoms with Crippen LogP contribution in [0.3, 0.4) is 0 Å². The molecule has 1 saturated heterocycles. The number of nitrogens with zero attached hydrogens (tertiary/aromatic N) is 2. The molecule has 2 aliphatic heterocycles. The molecule has 3 aromatic rings. The summed E-state index contributed by atoms with van der Waals surface area (Å²) in [4.78, 5) is 8.61. The Morgan fingerprint density at radius 2 is 1.91 bits per heavy atom. The van der Waals surface area contributed by atoms with E-state index in [0.717, 1.165) is 48.7 Å². The van der Waals surface area contributed by atoms with Crippen LogP contribution in [-0.4, -0.2) is 58.7 Å². The van der Waals surface area contributed by atoms with Crippen molar-refractivity contribution >= 4 is 16.6 Å². The molecule has 3 aliphatic carbocycles. The Hall–Kier alpha value is -2.44. The first-order valence-corrected chi connectivity index (χ1v) is 13.3. The summed E-state index contributed by atoms with van der Waals surface area (Å²) in [6, 6.07) is 14.8. The lowest BCUT2D eigenvalue weighted by molar-refractivity contribution is -0.174. The Balaban J connectivity index is 1.21. The molecule has 0 radical (unpaired) electrons. The lowest BCUT2D eigenvalue weighted by Gasteiger charge is -2.70. The van der Waals surface area contributed by atoms with Crippen molar-refractivity contribution in [1.82, 2.24) is 14.8 Å². The molecule has 2 N–H and O–H groups in total. The Morgan fingerprint density at radius 3 is 2.63 bits per heavy atom. The van der Waals surface area contributed by atoms with Crippen LogP contribution in [-0.2, 0) is 6.42 Å². The highest BCUT2D eigenvalue weighted by molar-refractivity contribution is 5.85. The van der Waals surface area contributed by atoms with Gasteiger partial charge in [0.2, 0.25) is 0 Å². The Kier molecular flexibility index (Phi) is 5.01. The van der Waals surface area contributed by atoms with Crippen molar-refractivity contribution in [1.29, 1.82) is 0 Å². The quantitative estimate of drug-likeness (QED) is 0.462. The van der Waals surface area contributed by atoms with Crippen molar-refractivity contribution in [2.24, 2.45) is 5.92 Å². The molecular formula is C29H34F2N4. The second-order valence-electron chi connectivity index (χ2n) is 11.5. The predicted octanol–water partition coefficient (Wildman–Crippen LogP) is 5.65. The Morgan fingerprint density at radius 1 is 1.11 bits per heavy atom. The number of anilines is 1. The number of aromatic nitrogens is 1. The molecule has 1 aromatic heterocycles. The zero-order chi connectivity index (χ0) is 23.7. The number of aromatic amines is 1. The van der Waals surface area contributed by atoms with Crippen molar-refractivity contribution in [3.8, 4) is 0 Å². The number of alkyl halides is 1. The van der Waals surface area contributed by atoms with Gasteiger partial charge in [0.1, 0.15) is 5.82 Å². The van der Waals surface area contributed by atoms with Gasteiger partial charge in [-0.15, -0.1) is 0 Å². The lowest BCUT2D eigenvalue weighted by Crippen LogP contribution is -2.71. The summed E-state index contributed by atoms with van der Waals surface area (Å²) in [7, 11) is 0. The van der Waals surface area contributed by atoms with Gasteiger partial charge in [-0.05, 0) is 68.7 Å². The van der Waals surface area contributed by atoms with Gasteiger partial charge >= 0.3 is 0 Å². The molecule has 2 atom stereocenters. The summed E-state index contributed by atoms with van der Waals surface area (Å²) in [5.41, 5.74) is 5.52. The number of hydrogen-bond donors (Lipinski definition) is 2. The van der Waals surface area contributed by atoms with E-state index in [0.29, 0.717) is 18.5 Å². The third kappa shape index (κ3) is 3.36. The van der Waals surface area contributed by atoms with Crippen LogP contribution in [0.1, 0.15) is 55.5 Å². The van der Waals surface area contributed by atoms with Gasteiger partial charge in [-0.1, -0.05) is 24.3 Å². The van der Waals surface area contributed by atoms with E-state index in [-0.39, 0.29) is 24.1 Å². The topological polar surface area (TPSA) is 34.3 Å². The number of fused-ring (bicyclic) bond motifs is 3. The maximum Gasteiger partial charge on any atom is 0.130 e. The minimum atomic E-state index is -0.266. The second-order valence-corrected chi connectivity index (χ2v) is 11.5. The molecular weight excluding hydrogens is 442 g/mol. The molecule has 8 rings (SSSR count). The normalized spacial score (nSPS) is 30.4. The monoisotopic (exact) mass is 476 g/mol. The fourth-order valence-corrected chi connectivity index (χ4v) is 7.46. The lowest BCUT2D eigenvalue weighted by atomic mass is 9.48. The van der Waals surface area contributed by atoms with Crippen molar-refractivity contribution in [3.63, 3.8) is 0 Å². The van der Waals surface area contributed by atoms with E-state index in [4.69, 9.17) is 0 Å². The van der Waals surface area contributed by atoms with Crippen molar-refractivity contribution in [3.05, 3.63) is 65.1 Å². The molecule has 5 aliphatic rings. The summed E-state index contributed by atoms with van der Waals surface area (Å²) in [6.07, 6.45) is 5.36.